The SMILES string of the molecule is CC1C=CC=CC1n1c2c(c3cc(-c4ccc(N(C5=CC=CCN5C)c5ccc6c(c5)C(C)(C)c5ccccc5-6)cc4)ccc31)CCC=C2. The second-order valence-electron chi connectivity index (χ2n) is 14.6. The molecule has 0 N–H and O–H groups in total. The average Bonchev–Trinajstić information content (AvgIpc) is 3.58. The summed E-state index contributed by atoms with van der Waals surface area (Å²) in [4.78, 5) is 4.75. The number of aromatic nitrogens is 1. The molecule has 3 nitrogen and oxygen atoms in total. The zero-order chi connectivity index (χ0) is 33.3. The number of aryl methyl sites for hydroxylation is 1. The summed E-state index contributed by atoms with van der Waals surface area (Å²) in [6.45, 7) is 7.93. The van der Waals surface area contributed by atoms with Crippen LogP contribution in [0.2, 0.25) is 0 Å². The van der Waals surface area contributed by atoms with Gasteiger partial charge in [0.1, 0.15) is 5.82 Å². The van der Waals surface area contributed by atoms with E-state index in [-0.39, 0.29) is 5.41 Å². The first kappa shape index (κ1) is 29.8. The molecule has 1 aliphatic heterocycles. The molecule has 2 heterocycles. The van der Waals surface area contributed by atoms with Crippen molar-refractivity contribution in [3.05, 3.63) is 162 Å². The summed E-state index contributed by atoms with van der Waals surface area (Å²) in [5.41, 5.74) is 14.5. The average molecular weight is 638 g/mol. The van der Waals surface area contributed by atoms with Crippen molar-refractivity contribution in [1.29, 1.82) is 0 Å². The van der Waals surface area contributed by atoms with Crippen molar-refractivity contribution in [3.8, 4) is 22.3 Å². The number of fused-ring (bicyclic) bond motifs is 6. The van der Waals surface area contributed by atoms with E-state index >= 15 is 0 Å². The van der Waals surface area contributed by atoms with Crippen molar-refractivity contribution in [1.82, 2.24) is 9.47 Å². The minimum absolute atomic E-state index is 0.0567. The molecule has 4 aliphatic rings. The van der Waals surface area contributed by atoms with Crippen molar-refractivity contribution >= 4 is 28.4 Å². The van der Waals surface area contributed by atoms with Crippen molar-refractivity contribution in [3.63, 3.8) is 0 Å². The lowest BCUT2D eigenvalue weighted by molar-refractivity contribution is 0.450. The minimum Gasteiger partial charge on any atom is -0.357 e. The van der Waals surface area contributed by atoms with Gasteiger partial charge in [-0.1, -0.05) is 112 Å². The number of allylic oxidation sites excluding steroid dienone is 7. The lowest BCUT2D eigenvalue weighted by Gasteiger charge is -2.35. The Hall–Kier alpha value is -5.28. The first-order chi connectivity index (χ1) is 23.9. The summed E-state index contributed by atoms with van der Waals surface area (Å²) in [5.74, 6) is 1.63. The van der Waals surface area contributed by atoms with Gasteiger partial charge in [0.25, 0.3) is 0 Å². The molecule has 2 atom stereocenters. The van der Waals surface area contributed by atoms with Gasteiger partial charge in [0.05, 0.1) is 6.04 Å². The molecular formula is C46H43N3. The fourth-order valence-electron chi connectivity index (χ4n) is 8.68. The number of nitrogens with zero attached hydrogens (tertiary/aromatic N) is 3. The van der Waals surface area contributed by atoms with Gasteiger partial charge in [-0.25, -0.2) is 0 Å². The smallest absolute Gasteiger partial charge is 0.113 e. The molecule has 3 heteroatoms. The molecule has 3 aliphatic carbocycles. The Labute approximate surface area is 290 Å². The maximum atomic E-state index is 2.58. The number of hydrogen-bond acceptors (Lipinski definition) is 2. The third kappa shape index (κ3) is 4.70. The molecule has 0 fully saturated rings. The summed E-state index contributed by atoms with van der Waals surface area (Å²) in [7, 11) is 2.18. The molecule has 49 heavy (non-hydrogen) atoms. The van der Waals surface area contributed by atoms with Crippen LogP contribution in [0.1, 0.15) is 55.6 Å². The topological polar surface area (TPSA) is 11.4 Å². The molecule has 5 aromatic rings. The fourth-order valence-corrected chi connectivity index (χ4v) is 8.68. The standard InChI is InChI=1S/C46H43N3/c1-31-13-5-9-17-42(31)49-43-18-10-7-15-38(43)39-29-33(22-27-44(39)49)32-20-23-34(24-21-32)48(45-19-11-12-28-47(45)4)35-25-26-37-36-14-6-8-16-40(36)46(2,3)41(37)30-35/h5-6,8-14,16-27,29-31,42H,7,15,28H2,1-4H3. The molecule has 0 bridgehead atoms. The Morgan fingerprint density at radius 3 is 2.37 bits per heavy atom. The van der Waals surface area contributed by atoms with Gasteiger partial charge in [-0.05, 0) is 106 Å². The third-order valence-corrected chi connectivity index (χ3v) is 11.3. The summed E-state index contributed by atoms with van der Waals surface area (Å²) in [5, 5.41) is 1.39. The van der Waals surface area contributed by atoms with Gasteiger partial charge in [0, 0.05) is 47.0 Å². The Balaban J connectivity index is 1.11. The van der Waals surface area contributed by atoms with E-state index in [2.05, 4.69) is 182 Å². The van der Waals surface area contributed by atoms with Gasteiger partial charge in [-0.3, -0.25) is 4.90 Å². The monoisotopic (exact) mass is 637 g/mol. The fraction of sp³-hybridized carbons (Fsp3) is 0.217. The molecule has 0 amide bonds. The Morgan fingerprint density at radius 2 is 1.53 bits per heavy atom. The quantitative estimate of drug-likeness (QED) is 0.190. The van der Waals surface area contributed by atoms with Crippen LogP contribution in [0.3, 0.4) is 0 Å². The van der Waals surface area contributed by atoms with E-state index in [9.17, 15) is 0 Å². The molecule has 4 aromatic carbocycles. The molecule has 1 aromatic heterocycles. The minimum atomic E-state index is -0.0567. The molecular weight excluding hydrogens is 595 g/mol. The number of likely N-dealkylation sites (N-methyl/N-ethyl adjacent to an activating group) is 1. The largest absolute Gasteiger partial charge is 0.357 e. The van der Waals surface area contributed by atoms with Gasteiger partial charge in [0.2, 0.25) is 0 Å². The van der Waals surface area contributed by atoms with Gasteiger partial charge in [0.15, 0.2) is 0 Å². The van der Waals surface area contributed by atoms with Crippen molar-refractivity contribution < 1.29 is 0 Å². The molecule has 2 unspecified atom stereocenters. The molecule has 0 radical (unpaired) electrons. The highest BCUT2D eigenvalue weighted by Gasteiger charge is 2.36. The third-order valence-electron chi connectivity index (χ3n) is 11.3. The second kappa shape index (κ2) is 11.4. The van der Waals surface area contributed by atoms with Crippen LogP contribution in [0.5, 0.6) is 0 Å². The van der Waals surface area contributed by atoms with Crippen LogP contribution in [0, 0.1) is 5.92 Å². The predicted octanol–water partition coefficient (Wildman–Crippen LogP) is 11.4. The van der Waals surface area contributed by atoms with E-state index < -0.39 is 0 Å². The highest BCUT2D eigenvalue weighted by molar-refractivity contribution is 5.93. The number of benzene rings is 4. The molecule has 0 saturated carbocycles. The molecule has 242 valence electrons. The van der Waals surface area contributed by atoms with E-state index in [4.69, 9.17) is 0 Å². The normalized spacial score (nSPS) is 19.9. The number of anilines is 2. The van der Waals surface area contributed by atoms with Crippen LogP contribution in [0.15, 0.2) is 139 Å². The van der Waals surface area contributed by atoms with Crippen LogP contribution < -0.4 is 4.90 Å². The maximum Gasteiger partial charge on any atom is 0.113 e. The van der Waals surface area contributed by atoms with E-state index in [0.29, 0.717) is 12.0 Å². The van der Waals surface area contributed by atoms with Gasteiger partial charge < -0.3 is 9.47 Å². The maximum absolute atomic E-state index is 2.58. The van der Waals surface area contributed by atoms with E-state index in [1.165, 1.54) is 67.0 Å². The molecule has 0 saturated heterocycles. The highest BCUT2D eigenvalue weighted by Crippen LogP contribution is 2.50. The second-order valence-corrected chi connectivity index (χ2v) is 14.6. The van der Waals surface area contributed by atoms with Crippen LogP contribution in [-0.2, 0) is 11.8 Å². The zero-order valence-electron chi connectivity index (χ0n) is 28.9. The van der Waals surface area contributed by atoms with Gasteiger partial charge >= 0.3 is 0 Å². The summed E-state index contributed by atoms with van der Waals surface area (Å²) in [6.07, 6.45) is 22.6. The van der Waals surface area contributed by atoms with Crippen molar-refractivity contribution in [2.75, 3.05) is 18.5 Å². The Bertz CT molecular complexity index is 2270. The lowest BCUT2D eigenvalue weighted by Crippen LogP contribution is -2.31. The van der Waals surface area contributed by atoms with Crippen LogP contribution >= 0.6 is 0 Å². The predicted molar refractivity (Wildman–Crippen MR) is 207 cm³/mol. The summed E-state index contributed by atoms with van der Waals surface area (Å²) < 4.78 is 2.58. The van der Waals surface area contributed by atoms with E-state index in [0.717, 1.165) is 25.1 Å². The van der Waals surface area contributed by atoms with Crippen LogP contribution in [0.4, 0.5) is 11.4 Å². The highest BCUT2D eigenvalue weighted by atomic mass is 15.3. The van der Waals surface area contributed by atoms with Gasteiger partial charge in [-0.2, -0.15) is 0 Å². The molecule has 9 rings (SSSR count). The Kier molecular flexibility index (Phi) is 6.95. The first-order valence-corrected chi connectivity index (χ1v) is 17.8. The van der Waals surface area contributed by atoms with Crippen LogP contribution in [-0.4, -0.2) is 23.1 Å². The summed E-state index contributed by atoms with van der Waals surface area (Å²) in [6, 6.07) is 32.6. The van der Waals surface area contributed by atoms with Gasteiger partial charge in [-0.15, -0.1) is 0 Å². The van der Waals surface area contributed by atoms with Crippen LogP contribution in [0.25, 0.3) is 39.2 Å². The van der Waals surface area contributed by atoms with Crippen molar-refractivity contribution in [2.45, 2.75) is 45.1 Å². The number of rotatable bonds is 5. The molecule has 0 spiro atoms. The summed E-state index contributed by atoms with van der Waals surface area (Å²) >= 11 is 0. The van der Waals surface area contributed by atoms with E-state index in [1.807, 2.05) is 0 Å². The number of hydrogen-bond donors (Lipinski definition) is 0. The zero-order valence-corrected chi connectivity index (χ0v) is 28.9. The van der Waals surface area contributed by atoms with E-state index in [1.54, 1.807) is 0 Å². The lowest BCUT2D eigenvalue weighted by atomic mass is 9.82. The first-order valence-electron chi connectivity index (χ1n) is 17.8. The Morgan fingerprint density at radius 1 is 0.755 bits per heavy atom. The van der Waals surface area contributed by atoms with Crippen molar-refractivity contribution in [2.24, 2.45) is 5.92 Å².